The lowest BCUT2D eigenvalue weighted by Gasteiger charge is -2.39. The number of aryl methyl sites for hydroxylation is 2. The molecule has 122 valence electrons. The molecular formula is C18H28N2O2. The maximum absolute atomic E-state index is 12.2. The molecule has 1 aliphatic rings. The number of hydrogen-bond donors (Lipinski definition) is 2. The SMILES string of the molecule is CCC1(CO)CCN(CC(=O)Nc2cc(C)ccc2C)CC1. The van der Waals surface area contributed by atoms with Crippen molar-refractivity contribution in [2.24, 2.45) is 5.41 Å². The largest absolute Gasteiger partial charge is 0.396 e. The van der Waals surface area contributed by atoms with Gasteiger partial charge in [-0.3, -0.25) is 9.69 Å². The molecule has 0 unspecified atom stereocenters. The summed E-state index contributed by atoms with van der Waals surface area (Å²) in [5, 5.41) is 12.6. The monoisotopic (exact) mass is 304 g/mol. The molecule has 0 radical (unpaired) electrons. The number of aliphatic hydroxyl groups is 1. The second-order valence-electron chi connectivity index (χ2n) is 6.65. The van der Waals surface area contributed by atoms with Crippen LogP contribution in [0.2, 0.25) is 0 Å². The Kier molecular flexibility index (Phi) is 5.59. The van der Waals surface area contributed by atoms with Crippen LogP contribution in [0, 0.1) is 19.3 Å². The highest BCUT2D eigenvalue weighted by Crippen LogP contribution is 2.34. The average molecular weight is 304 g/mol. The minimum absolute atomic E-state index is 0.0432. The number of amides is 1. The van der Waals surface area contributed by atoms with E-state index in [4.69, 9.17) is 0 Å². The highest BCUT2D eigenvalue weighted by molar-refractivity contribution is 5.93. The smallest absolute Gasteiger partial charge is 0.238 e. The molecule has 1 fully saturated rings. The predicted molar refractivity (Wildman–Crippen MR) is 90.0 cm³/mol. The van der Waals surface area contributed by atoms with Crippen LogP contribution in [0.25, 0.3) is 0 Å². The van der Waals surface area contributed by atoms with E-state index in [0.29, 0.717) is 6.54 Å². The van der Waals surface area contributed by atoms with Gasteiger partial charge in [0.2, 0.25) is 5.91 Å². The van der Waals surface area contributed by atoms with E-state index in [2.05, 4.69) is 23.2 Å². The lowest BCUT2D eigenvalue weighted by molar-refractivity contribution is -0.118. The Hall–Kier alpha value is -1.39. The number of nitrogens with zero attached hydrogens (tertiary/aromatic N) is 1. The predicted octanol–water partition coefficient (Wildman–Crippen LogP) is 2.73. The van der Waals surface area contributed by atoms with E-state index >= 15 is 0 Å². The standard InChI is InChI=1S/C18H28N2O2/c1-4-18(13-21)7-9-20(10-8-18)12-17(22)19-16-11-14(2)5-6-15(16)3/h5-6,11,21H,4,7-10,12-13H2,1-3H3,(H,19,22). The second-order valence-corrected chi connectivity index (χ2v) is 6.65. The summed E-state index contributed by atoms with van der Waals surface area (Å²) in [6.45, 7) is 8.62. The summed E-state index contributed by atoms with van der Waals surface area (Å²) >= 11 is 0. The van der Waals surface area contributed by atoms with Gasteiger partial charge in [0, 0.05) is 12.3 Å². The number of hydrogen-bond acceptors (Lipinski definition) is 3. The van der Waals surface area contributed by atoms with E-state index in [9.17, 15) is 9.90 Å². The topological polar surface area (TPSA) is 52.6 Å². The highest BCUT2D eigenvalue weighted by atomic mass is 16.3. The molecule has 0 aromatic heterocycles. The fraction of sp³-hybridized carbons (Fsp3) is 0.611. The molecule has 1 aromatic rings. The van der Waals surface area contributed by atoms with Crippen LogP contribution in [0.4, 0.5) is 5.69 Å². The lowest BCUT2D eigenvalue weighted by atomic mass is 9.77. The maximum atomic E-state index is 12.2. The van der Waals surface area contributed by atoms with Gasteiger partial charge < -0.3 is 10.4 Å². The fourth-order valence-electron chi connectivity index (χ4n) is 3.07. The van der Waals surface area contributed by atoms with Crippen LogP contribution in [0.15, 0.2) is 18.2 Å². The molecule has 4 nitrogen and oxygen atoms in total. The van der Waals surface area contributed by atoms with E-state index in [1.807, 2.05) is 26.0 Å². The van der Waals surface area contributed by atoms with E-state index in [1.54, 1.807) is 0 Å². The molecule has 1 aliphatic heterocycles. The summed E-state index contributed by atoms with van der Waals surface area (Å²) in [5.41, 5.74) is 3.21. The Bertz CT molecular complexity index is 514. The van der Waals surface area contributed by atoms with Crippen molar-refractivity contribution < 1.29 is 9.90 Å². The number of anilines is 1. The van der Waals surface area contributed by atoms with Crippen molar-refractivity contribution in [1.82, 2.24) is 4.90 Å². The number of carbonyl (C=O) groups is 1. The van der Waals surface area contributed by atoms with Crippen molar-refractivity contribution in [2.75, 3.05) is 31.6 Å². The van der Waals surface area contributed by atoms with Gasteiger partial charge in [0.05, 0.1) is 6.54 Å². The van der Waals surface area contributed by atoms with Crippen LogP contribution in [-0.4, -0.2) is 42.2 Å². The van der Waals surface area contributed by atoms with Crippen LogP contribution in [0.3, 0.4) is 0 Å². The first-order valence-corrected chi connectivity index (χ1v) is 8.18. The molecule has 1 aromatic carbocycles. The van der Waals surface area contributed by atoms with Crippen LogP contribution >= 0.6 is 0 Å². The third-order valence-electron chi connectivity index (χ3n) is 5.04. The Morgan fingerprint density at radius 3 is 2.59 bits per heavy atom. The van der Waals surface area contributed by atoms with E-state index in [-0.39, 0.29) is 17.9 Å². The molecule has 1 heterocycles. The molecule has 1 amide bonds. The molecule has 22 heavy (non-hydrogen) atoms. The van der Waals surface area contributed by atoms with E-state index in [0.717, 1.165) is 49.2 Å². The minimum Gasteiger partial charge on any atom is -0.396 e. The molecule has 1 saturated heterocycles. The van der Waals surface area contributed by atoms with Gasteiger partial charge in [0.15, 0.2) is 0 Å². The van der Waals surface area contributed by atoms with Gasteiger partial charge in [-0.15, -0.1) is 0 Å². The van der Waals surface area contributed by atoms with Crippen molar-refractivity contribution in [1.29, 1.82) is 0 Å². The number of nitrogens with one attached hydrogen (secondary N) is 1. The second kappa shape index (κ2) is 7.25. The number of rotatable bonds is 5. The van der Waals surface area contributed by atoms with Crippen LogP contribution in [0.1, 0.15) is 37.3 Å². The van der Waals surface area contributed by atoms with Gasteiger partial charge >= 0.3 is 0 Å². The molecular weight excluding hydrogens is 276 g/mol. The first kappa shape index (κ1) is 17.0. The fourth-order valence-corrected chi connectivity index (χ4v) is 3.07. The zero-order chi connectivity index (χ0) is 16.2. The van der Waals surface area contributed by atoms with Crippen molar-refractivity contribution in [3.05, 3.63) is 29.3 Å². The summed E-state index contributed by atoms with van der Waals surface area (Å²) in [7, 11) is 0. The summed E-state index contributed by atoms with van der Waals surface area (Å²) in [6.07, 6.45) is 2.94. The Labute approximate surface area is 133 Å². The van der Waals surface area contributed by atoms with Gasteiger partial charge in [-0.05, 0) is 68.8 Å². The summed E-state index contributed by atoms with van der Waals surface area (Å²) in [5.74, 6) is 0.0432. The van der Waals surface area contributed by atoms with E-state index in [1.165, 1.54) is 0 Å². The van der Waals surface area contributed by atoms with Gasteiger partial charge in [0.25, 0.3) is 0 Å². The normalized spacial score (nSPS) is 18.2. The molecule has 4 heteroatoms. The van der Waals surface area contributed by atoms with Gasteiger partial charge in [0.1, 0.15) is 0 Å². The first-order valence-electron chi connectivity index (χ1n) is 8.18. The zero-order valence-electron chi connectivity index (χ0n) is 14.0. The van der Waals surface area contributed by atoms with Crippen LogP contribution in [0.5, 0.6) is 0 Å². The number of likely N-dealkylation sites (tertiary alicyclic amines) is 1. The summed E-state index contributed by atoms with van der Waals surface area (Å²) in [6, 6.07) is 6.09. The molecule has 2 N–H and O–H groups in total. The third-order valence-corrected chi connectivity index (χ3v) is 5.04. The van der Waals surface area contributed by atoms with Gasteiger partial charge in [-0.25, -0.2) is 0 Å². The lowest BCUT2D eigenvalue weighted by Crippen LogP contribution is -2.44. The Morgan fingerprint density at radius 2 is 2.00 bits per heavy atom. The molecule has 0 bridgehead atoms. The molecule has 0 saturated carbocycles. The van der Waals surface area contributed by atoms with Crippen LogP contribution < -0.4 is 5.32 Å². The first-order chi connectivity index (χ1) is 10.5. The number of benzene rings is 1. The highest BCUT2D eigenvalue weighted by Gasteiger charge is 2.32. The van der Waals surface area contributed by atoms with E-state index < -0.39 is 0 Å². The minimum atomic E-state index is 0.0432. The van der Waals surface area contributed by atoms with Crippen molar-refractivity contribution in [2.45, 2.75) is 40.0 Å². The quantitative estimate of drug-likeness (QED) is 0.879. The third kappa shape index (κ3) is 4.08. The molecule has 0 spiro atoms. The number of aliphatic hydroxyl groups excluding tert-OH is 1. The van der Waals surface area contributed by atoms with Crippen molar-refractivity contribution in [3.8, 4) is 0 Å². The molecule has 2 rings (SSSR count). The Morgan fingerprint density at radius 1 is 1.32 bits per heavy atom. The van der Waals surface area contributed by atoms with Crippen molar-refractivity contribution in [3.63, 3.8) is 0 Å². The Balaban J connectivity index is 1.87. The summed E-state index contributed by atoms with van der Waals surface area (Å²) < 4.78 is 0. The van der Waals surface area contributed by atoms with Gasteiger partial charge in [-0.2, -0.15) is 0 Å². The number of piperidine rings is 1. The number of carbonyl (C=O) groups excluding carboxylic acids is 1. The van der Waals surface area contributed by atoms with Crippen LogP contribution in [-0.2, 0) is 4.79 Å². The van der Waals surface area contributed by atoms with Gasteiger partial charge in [-0.1, -0.05) is 19.1 Å². The molecule has 0 aliphatic carbocycles. The molecule has 0 atom stereocenters. The van der Waals surface area contributed by atoms with Crippen molar-refractivity contribution >= 4 is 11.6 Å². The zero-order valence-corrected chi connectivity index (χ0v) is 14.0. The maximum Gasteiger partial charge on any atom is 0.238 e. The summed E-state index contributed by atoms with van der Waals surface area (Å²) in [4.78, 5) is 14.4. The average Bonchev–Trinajstić information content (AvgIpc) is 2.52.